The van der Waals surface area contributed by atoms with Crippen LogP contribution < -0.4 is 0 Å². The molecule has 0 aliphatic carbocycles. The number of carbonyl (C=O) groups excluding carboxylic acids is 1. The Morgan fingerprint density at radius 2 is 1.35 bits per heavy atom. The molecule has 0 aromatic heterocycles. The lowest BCUT2D eigenvalue weighted by Gasteiger charge is -2.40. The van der Waals surface area contributed by atoms with E-state index in [1.54, 1.807) is 4.90 Å². The van der Waals surface area contributed by atoms with Crippen molar-refractivity contribution in [1.82, 2.24) is 4.90 Å². The molecule has 0 radical (unpaired) electrons. The van der Waals surface area contributed by atoms with Crippen LogP contribution in [0, 0.1) is 5.92 Å². The quantitative estimate of drug-likeness (QED) is 0.361. The van der Waals surface area contributed by atoms with Gasteiger partial charge >= 0.3 is 35.8 Å². The number of nitrogens with zero attached hydrogens (tertiary/aromatic N) is 1. The van der Waals surface area contributed by atoms with Gasteiger partial charge in [0.15, 0.2) is 6.10 Å². The van der Waals surface area contributed by atoms with Crippen LogP contribution in [0.1, 0.15) is 20.3 Å². The van der Waals surface area contributed by atoms with Gasteiger partial charge in [0.1, 0.15) is 0 Å². The first-order chi connectivity index (χ1) is 13.8. The zero-order valence-corrected chi connectivity index (χ0v) is 16.2. The highest BCUT2D eigenvalue weighted by Crippen LogP contribution is 2.58. The molecule has 184 valence electrons. The zero-order valence-electron chi connectivity index (χ0n) is 16.2. The average Bonchev–Trinajstić information content (AvgIpc) is 2.63. The third-order valence-electron chi connectivity index (χ3n) is 4.52. The van der Waals surface area contributed by atoms with Crippen molar-refractivity contribution in [1.29, 1.82) is 0 Å². The van der Waals surface area contributed by atoms with Gasteiger partial charge in [0.05, 0.1) is 19.6 Å². The van der Waals surface area contributed by atoms with Crippen molar-refractivity contribution in [2.75, 3.05) is 32.8 Å². The molecule has 0 bridgehead atoms. The first-order valence-corrected chi connectivity index (χ1v) is 8.88. The Morgan fingerprint density at radius 1 is 0.871 bits per heavy atom. The van der Waals surface area contributed by atoms with Crippen LogP contribution in [-0.4, -0.2) is 79.7 Å². The van der Waals surface area contributed by atoms with Crippen LogP contribution in [0.5, 0.6) is 0 Å². The predicted molar refractivity (Wildman–Crippen MR) is 82.4 cm³/mol. The molecule has 1 unspecified atom stereocenters. The number of ether oxygens (including phenoxy) is 2. The minimum Gasteiger partial charge on any atom is -0.455 e. The summed E-state index contributed by atoms with van der Waals surface area (Å²) in [6.07, 6.45) is -11.3. The molecule has 1 aliphatic rings. The lowest BCUT2D eigenvalue weighted by molar-refractivity contribution is -0.429. The van der Waals surface area contributed by atoms with E-state index in [0.717, 1.165) is 0 Å². The summed E-state index contributed by atoms with van der Waals surface area (Å²) in [4.78, 5) is 13.4. The number of alkyl halides is 11. The van der Waals surface area contributed by atoms with Crippen LogP contribution in [0.25, 0.3) is 0 Å². The van der Waals surface area contributed by atoms with E-state index >= 15 is 0 Å². The van der Waals surface area contributed by atoms with Crippen molar-refractivity contribution < 1.29 is 62.6 Å². The molecule has 1 fully saturated rings. The fourth-order valence-electron chi connectivity index (χ4n) is 2.67. The van der Waals surface area contributed by atoms with Gasteiger partial charge in [-0.2, -0.15) is 48.3 Å². The minimum absolute atomic E-state index is 0.0999. The van der Waals surface area contributed by atoms with E-state index < -0.39 is 54.3 Å². The Hall–Kier alpha value is -1.38. The Balaban J connectivity index is 3.09. The molecule has 1 atom stereocenters. The molecule has 15 heteroatoms. The topological polar surface area (TPSA) is 38.8 Å². The molecular formula is C16H20F11NO3. The molecule has 0 saturated carbocycles. The van der Waals surface area contributed by atoms with Gasteiger partial charge in [-0.15, -0.1) is 0 Å². The zero-order chi connectivity index (χ0) is 24.5. The molecular weight excluding hydrogens is 463 g/mol. The third kappa shape index (κ3) is 5.34. The van der Waals surface area contributed by atoms with E-state index in [0.29, 0.717) is 26.9 Å². The van der Waals surface area contributed by atoms with Gasteiger partial charge < -0.3 is 9.47 Å². The maximum atomic E-state index is 14.3. The molecule has 0 spiro atoms. The highest BCUT2D eigenvalue weighted by atomic mass is 19.4. The van der Waals surface area contributed by atoms with Crippen molar-refractivity contribution in [3.8, 4) is 0 Å². The monoisotopic (exact) mass is 483 g/mol. The van der Waals surface area contributed by atoms with E-state index in [4.69, 9.17) is 4.74 Å². The summed E-state index contributed by atoms with van der Waals surface area (Å²) < 4.78 is 155. The van der Waals surface area contributed by atoms with Gasteiger partial charge in [-0.1, -0.05) is 13.8 Å². The number of hydrogen-bond donors (Lipinski definition) is 0. The molecule has 31 heavy (non-hydrogen) atoms. The van der Waals surface area contributed by atoms with Crippen molar-refractivity contribution in [2.24, 2.45) is 5.92 Å². The van der Waals surface area contributed by atoms with Crippen LogP contribution in [0.4, 0.5) is 48.3 Å². The molecule has 4 nitrogen and oxygen atoms in total. The van der Waals surface area contributed by atoms with Gasteiger partial charge in [-0.3, -0.25) is 9.69 Å². The van der Waals surface area contributed by atoms with Crippen LogP contribution in [0.15, 0.2) is 0 Å². The second-order valence-corrected chi connectivity index (χ2v) is 7.20. The maximum Gasteiger partial charge on any atom is 0.460 e. The molecule has 0 aromatic carbocycles. The number of rotatable bonds is 9. The smallest absolute Gasteiger partial charge is 0.455 e. The number of carbonyl (C=O) groups is 1. The van der Waals surface area contributed by atoms with E-state index in [1.807, 2.05) is 0 Å². The fourth-order valence-corrected chi connectivity index (χ4v) is 2.67. The van der Waals surface area contributed by atoms with Gasteiger partial charge in [-0.25, -0.2) is 0 Å². The minimum atomic E-state index is -7.55. The largest absolute Gasteiger partial charge is 0.460 e. The fraction of sp³-hybridized carbons (Fsp3) is 0.938. The van der Waals surface area contributed by atoms with Gasteiger partial charge in [0, 0.05) is 19.6 Å². The summed E-state index contributed by atoms with van der Waals surface area (Å²) in [5.41, 5.74) is 0. The van der Waals surface area contributed by atoms with E-state index in [9.17, 15) is 53.1 Å². The summed E-state index contributed by atoms with van der Waals surface area (Å²) in [7, 11) is 0. The van der Waals surface area contributed by atoms with Crippen molar-refractivity contribution in [3.63, 3.8) is 0 Å². The predicted octanol–water partition coefficient (Wildman–Crippen LogP) is 4.38. The second-order valence-electron chi connectivity index (χ2n) is 7.20. The highest BCUT2D eigenvalue weighted by Gasteiger charge is 2.88. The average molecular weight is 483 g/mol. The Bertz CT molecular complexity index is 616. The highest BCUT2D eigenvalue weighted by molar-refractivity contribution is 5.70. The molecule has 1 rings (SSSR count). The third-order valence-corrected chi connectivity index (χ3v) is 4.52. The molecule has 0 amide bonds. The second kappa shape index (κ2) is 9.24. The lowest BCUT2D eigenvalue weighted by atomic mass is 9.89. The van der Waals surface area contributed by atoms with E-state index in [-0.39, 0.29) is 19.8 Å². The van der Waals surface area contributed by atoms with Gasteiger partial charge in [0.2, 0.25) is 0 Å². The van der Waals surface area contributed by atoms with Gasteiger partial charge in [-0.05, 0) is 5.92 Å². The SMILES string of the molecule is CC(C)C(OC(=O)CCN1CCOCC1)C(F)(F)C(F)(F)C(F)(F)C(F)(F)C(F)(F)F. The molecule has 1 heterocycles. The Kier molecular flexibility index (Phi) is 8.24. The maximum absolute atomic E-state index is 14.3. The van der Waals surface area contributed by atoms with Gasteiger partial charge in [0.25, 0.3) is 0 Å². The summed E-state index contributed by atoms with van der Waals surface area (Å²) >= 11 is 0. The van der Waals surface area contributed by atoms with Crippen LogP contribution in [-0.2, 0) is 14.3 Å². The molecule has 1 aliphatic heterocycles. The van der Waals surface area contributed by atoms with E-state index in [1.165, 1.54) is 0 Å². The van der Waals surface area contributed by atoms with Crippen molar-refractivity contribution in [3.05, 3.63) is 0 Å². The molecule has 1 saturated heterocycles. The molecule has 0 aromatic rings. The number of morpholine rings is 1. The molecule has 0 N–H and O–H groups in total. The van der Waals surface area contributed by atoms with E-state index in [2.05, 4.69) is 4.74 Å². The van der Waals surface area contributed by atoms with Crippen molar-refractivity contribution in [2.45, 2.75) is 56.2 Å². The van der Waals surface area contributed by atoms with Crippen LogP contribution >= 0.6 is 0 Å². The number of esters is 1. The van der Waals surface area contributed by atoms with Crippen molar-refractivity contribution >= 4 is 5.97 Å². The Labute approximate surface area is 169 Å². The van der Waals surface area contributed by atoms with Crippen LogP contribution in [0.3, 0.4) is 0 Å². The summed E-state index contributed by atoms with van der Waals surface area (Å²) in [6, 6.07) is 0. The standard InChI is InChI=1S/C16H20F11NO3/c1-9(2)11(31-10(29)3-4-28-5-7-30-8-6-28)12(17,18)13(19,20)14(21,22)15(23,24)16(25,26)27/h9,11H,3-8H2,1-2H3. The normalized spacial score (nSPS) is 18.9. The first kappa shape index (κ1) is 27.7. The summed E-state index contributed by atoms with van der Waals surface area (Å²) in [5, 5.41) is 0. The lowest BCUT2D eigenvalue weighted by Crippen LogP contribution is -2.69. The number of hydrogen-bond acceptors (Lipinski definition) is 4. The first-order valence-electron chi connectivity index (χ1n) is 8.88. The number of halogens is 11. The summed E-state index contributed by atoms with van der Waals surface area (Å²) in [5.74, 6) is -31.9. The Morgan fingerprint density at radius 3 is 1.77 bits per heavy atom. The summed E-state index contributed by atoms with van der Waals surface area (Å²) in [6.45, 7) is 2.58. The van der Waals surface area contributed by atoms with Crippen LogP contribution in [0.2, 0.25) is 0 Å².